The minimum absolute atomic E-state index is 0.130. The van der Waals surface area contributed by atoms with Crippen molar-refractivity contribution in [2.24, 2.45) is 11.8 Å². The molecule has 2 unspecified atom stereocenters. The highest BCUT2D eigenvalue weighted by Crippen LogP contribution is 2.37. The van der Waals surface area contributed by atoms with Gasteiger partial charge in [-0.1, -0.05) is 12.1 Å². The lowest BCUT2D eigenvalue weighted by Crippen LogP contribution is -2.37. The molecule has 0 aliphatic heterocycles. The van der Waals surface area contributed by atoms with Crippen molar-refractivity contribution in [1.82, 2.24) is 5.32 Å². The van der Waals surface area contributed by atoms with Crippen LogP contribution in [-0.2, 0) is 6.42 Å². The zero-order chi connectivity index (χ0) is 11.7. The van der Waals surface area contributed by atoms with E-state index in [1.54, 1.807) is 12.1 Å². The highest BCUT2D eigenvalue weighted by Gasteiger charge is 2.32. The molecule has 2 aliphatic rings. The third-order valence-corrected chi connectivity index (χ3v) is 4.23. The van der Waals surface area contributed by atoms with E-state index in [9.17, 15) is 4.39 Å². The number of rotatable bonds is 5. The monoisotopic (exact) mass is 233 g/mol. The number of benzene rings is 1. The smallest absolute Gasteiger partial charge is 0.123 e. The maximum Gasteiger partial charge on any atom is 0.123 e. The van der Waals surface area contributed by atoms with Gasteiger partial charge < -0.3 is 5.32 Å². The van der Waals surface area contributed by atoms with Crippen molar-refractivity contribution in [3.63, 3.8) is 0 Å². The molecule has 0 aromatic heterocycles. The normalized spacial score (nSPS) is 27.8. The maximum atomic E-state index is 12.8. The van der Waals surface area contributed by atoms with Crippen molar-refractivity contribution in [1.29, 1.82) is 0 Å². The van der Waals surface area contributed by atoms with E-state index >= 15 is 0 Å². The summed E-state index contributed by atoms with van der Waals surface area (Å²) in [5.74, 6) is 1.53. The predicted molar refractivity (Wildman–Crippen MR) is 67.3 cm³/mol. The molecule has 1 nitrogen and oxygen atoms in total. The molecule has 2 heteroatoms. The van der Waals surface area contributed by atoms with Gasteiger partial charge in [-0.25, -0.2) is 4.39 Å². The summed E-state index contributed by atoms with van der Waals surface area (Å²) in [7, 11) is 0. The molecular formula is C15H20FN. The van der Waals surface area contributed by atoms with Gasteiger partial charge >= 0.3 is 0 Å². The topological polar surface area (TPSA) is 12.0 Å². The van der Waals surface area contributed by atoms with Gasteiger partial charge in [-0.15, -0.1) is 0 Å². The quantitative estimate of drug-likeness (QED) is 0.824. The van der Waals surface area contributed by atoms with Gasteiger partial charge in [-0.3, -0.25) is 0 Å². The average Bonchev–Trinajstić information content (AvgIpc) is 3.11. The Kier molecular flexibility index (Phi) is 3.15. The summed E-state index contributed by atoms with van der Waals surface area (Å²) in [5.41, 5.74) is 1.28. The lowest BCUT2D eigenvalue weighted by molar-refractivity contribution is 0.170. The Hall–Kier alpha value is -0.890. The standard InChI is InChI=1S/C15H20FN/c16-14-5-1-11(2-6-14)9-12-3-4-13(12)10-17-15-7-8-15/h1-2,5-6,12-13,15,17H,3-4,7-10H2. The highest BCUT2D eigenvalue weighted by molar-refractivity contribution is 5.17. The molecule has 2 atom stereocenters. The maximum absolute atomic E-state index is 12.8. The molecule has 2 aliphatic carbocycles. The number of hydrogen-bond donors (Lipinski definition) is 1. The van der Waals surface area contributed by atoms with E-state index in [-0.39, 0.29) is 5.82 Å². The van der Waals surface area contributed by atoms with E-state index < -0.39 is 0 Å². The molecule has 92 valence electrons. The van der Waals surface area contributed by atoms with E-state index in [0.717, 1.165) is 24.3 Å². The number of hydrogen-bond acceptors (Lipinski definition) is 1. The summed E-state index contributed by atoms with van der Waals surface area (Å²) in [6, 6.07) is 7.83. The van der Waals surface area contributed by atoms with E-state index in [4.69, 9.17) is 0 Å². The SMILES string of the molecule is Fc1ccc(CC2CCC2CNC2CC2)cc1. The Morgan fingerprint density at radius 1 is 1.00 bits per heavy atom. The summed E-state index contributed by atoms with van der Waals surface area (Å²) in [4.78, 5) is 0. The van der Waals surface area contributed by atoms with Gasteiger partial charge in [-0.05, 0) is 68.2 Å². The van der Waals surface area contributed by atoms with Crippen molar-refractivity contribution in [2.75, 3.05) is 6.54 Å². The van der Waals surface area contributed by atoms with Crippen molar-refractivity contribution >= 4 is 0 Å². The lowest BCUT2D eigenvalue weighted by atomic mass is 9.70. The summed E-state index contributed by atoms with van der Waals surface area (Å²) in [6.07, 6.45) is 6.57. The fourth-order valence-electron chi connectivity index (χ4n) is 2.70. The minimum atomic E-state index is -0.130. The van der Waals surface area contributed by atoms with Crippen LogP contribution < -0.4 is 5.32 Å². The first-order valence-corrected chi connectivity index (χ1v) is 6.79. The van der Waals surface area contributed by atoms with Crippen LogP contribution in [0, 0.1) is 17.7 Å². The summed E-state index contributed by atoms with van der Waals surface area (Å²) in [6.45, 7) is 1.19. The van der Waals surface area contributed by atoms with Gasteiger partial charge in [0.2, 0.25) is 0 Å². The van der Waals surface area contributed by atoms with Gasteiger partial charge in [-0.2, -0.15) is 0 Å². The van der Waals surface area contributed by atoms with E-state index in [1.165, 1.54) is 37.8 Å². The summed E-state index contributed by atoms with van der Waals surface area (Å²) < 4.78 is 12.8. The van der Waals surface area contributed by atoms with Gasteiger partial charge in [0.15, 0.2) is 0 Å². The van der Waals surface area contributed by atoms with Crippen molar-refractivity contribution < 1.29 is 4.39 Å². The van der Waals surface area contributed by atoms with Crippen LogP contribution in [0.2, 0.25) is 0 Å². The zero-order valence-corrected chi connectivity index (χ0v) is 10.2. The Labute approximate surface area is 102 Å². The van der Waals surface area contributed by atoms with Crippen LogP contribution in [0.25, 0.3) is 0 Å². The number of halogens is 1. The van der Waals surface area contributed by atoms with E-state index in [2.05, 4.69) is 5.32 Å². The molecule has 0 saturated heterocycles. The summed E-state index contributed by atoms with van der Waals surface area (Å²) in [5, 5.41) is 3.62. The zero-order valence-electron chi connectivity index (χ0n) is 10.2. The molecule has 0 amide bonds. The molecule has 3 rings (SSSR count). The van der Waals surface area contributed by atoms with Crippen LogP contribution in [0.3, 0.4) is 0 Å². The van der Waals surface area contributed by atoms with Crippen molar-refractivity contribution in [3.05, 3.63) is 35.6 Å². The van der Waals surface area contributed by atoms with Crippen LogP contribution in [0.15, 0.2) is 24.3 Å². The van der Waals surface area contributed by atoms with Crippen LogP contribution in [0.5, 0.6) is 0 Å². The fraction of sp³-hybridized carbons (Fsp3) is 0.600. The molecule has 0 radical (unpaired) electrons. The first-order chi connectivity index (χ1) is 8.31. The fourth-order valence-corrected chi connectivity index (χ4v) is 2.70. The van der Waals surface area contributed by atoms with Gasteiger partial charge in [0, 0.05) is 6.04 Å². The predicted octanol–water partition coefficient (Wildman–Crippen LogP) is 3.15. The number of nitrogens with one attached hydrogen (secondary N) is 1. The van der Waals surface area contributed by atoms with E-state index in [0.29, 0.717) is 0 Å². The second-order valence-electron chi connectivity index (χ2n) is 5.61. The molecule has 1 aromatic carbocycles. The van der Waals surface area contributed by atoms with Crippen molar-refractivity contribution in [3.8, 4) is 0 Å². The second-order valence-corrected chi connectivity index (χ2v) is 5.61. The first-order valence-electron chi connectivity index (χ1n) is 6.79. The summed E-state index contributed by atoms with van der Waals surface area (Å²) >= 11 is 0. The Morgan fingerprint density at radius 2 is 1.71 bits per heavy atom. The molecule has 17 heavy (non-hydrogen) atoms. The molecular weight excluding hydrogens is 213 g/mol. The Morgan fingerprint density at radius 3 is 2.29 bits per heavy atom. The third kappa shape index (κ3) is 2.86. The largest absolute Gasteiger partial charge is 0.314 e. The van der Waals surface area contributed by atoms with Crippen LogP contribution in [0.1, 0.15) is 31.2 Å². The minimum Gasteiger partial charge on any atom is -0.314 e. The molecule has 0 spiro atoms. The first kappa shape index (κ1) is 11.2. The molecule has 1 aromatic rings. The highest BCUT2D eigenvalue weighted by atomic mass is 19.1. The van der Waals surface area contributed by atoms with Crippen molar-refractivity contribution in [2.45, 2.75) is 38.1 Å². The van der Waals surface area contributed by atoms with Crippen LogP contribution >= 0.6 is 0 Å². The second kappa shape index (κ2) is 4.77. The molecule has 1 N–H and O–H groups in total. The molecule has 2 fully saturated rings. The van der Waals surface area contributed by atoms with Gasteiger partial charge in [0.1, 0.15) is 5.82 Å². The Bertz CT molecular complexity index is 369. The average molecular weight is 233 g/mol. The Balaban J connectivity index is 1.49. The van der Waals surface area contributed by atoms with Gasteiger partial charge in [0.05, 0.1) is 0 Å². The molecule has 0 bridgehead atoms. The van der Waals surface area contributed by atoms with E-state index in [1.807, 2.05) is 12.1 Å². The van der Waals surface area contributed by atoms with Crippen LogP contribution in [-0.4, -0.2) is 12.6 Å². The molecule has 2 saturated carbocycles. The van der Waals surface area contributed by atoms with Gasteiger partial charge in [0.25, 0.3) is 0 Å². The van der Waals surface area contributed by atoms with Crippen LogP contribution in [0.4, 0.5) is 4.39 Å². The molecule has 0 heterocycles. The third-order valence-electron chi connectivity index (χ3n) is 4.23. The lowest BCUT2D eigenvalue weighted by Gasteiger charge is -2.37.